The van der Waals surface area contributed by atoms with Crippen LogP contribution in [0.15, 0.2) is 11.6 Å². The van der Waals surface area contributed by atoms with Crippen molar-refractivity contribution >= 4 is 17.7 Å². The molecule has 0 amide bonds. The van der Waals surface area contributed by atoms with Gasteiger partial charge in [0.05, 0.1) is 23.5 Å². The third-order valence-electron chi connectivity index (χ3n) is 7.00. The third kappa shape index (κ3) is 2.17. The largest absolute Gasteiger partial charge is 0.465 e. The van der Waals surface area contributed by atoms with Crippen LogP contribution in [0.1, 0.15) is 34.1 Å². The summed E-state index contributed by atoms with van der Waals surface area (Å²) in [6.07, 6.45) is -1.55. The second-order valence-electron chi connectivity index (χ2n) is 8.26. The zero-order valence-corrected chi connectivity index (χ0v) is 15.8. The summed E-state index contributed by atoms with van der Waals surface area (Å²) < 4.78 is 22.9. The van der Waals surface area contributed by atoms with Crippen molar-refractivity contribution in [1.82, 2.24) is 0 Å². The molecule has 4 aliphatic rings. The molecular weight excluding hydrogens is 356 g/mol. The summed E-state index contributed by atoms with van der Waals surface area (Å²) >= 11 is 0. The number of carbonyl (C=O) groups is 3. The SMILES string of the molecule is CC(=O)OC[C@]12CC(=O)C(C)=CC1OC1[C@H](O)[C@@H](OC(C)=O)[C@@]2(C)C12CO2. The number of fused-ring (bicyclic) bond motifs is 2. The van der Waals surface area contributed by atoms with Gasteiger partial charge in [-0.05, 0) is 18.6 Å². The molecule has 1 spiro atoms. The Morgan fingerprint density at radius 2 is 2.00 bits per heavy atom. The van der Waals surface area contributed by atoms with Crippen molar-refractivity contribution in [2.24, 2.45) is 10.8 Å². The van der Waals surface area contributed by atoms with Gasteiger partial charge >= 0.3 is 11.9 Å². The fourth-order valence-corrected chi connectivity index (χ4v) is 5.44. The van der Waals surface area contributed by atoms with E-state index in [9.17, 15) is 19.5 Å². The number of rotatable bonds is 3. The first kappa shape index (κ1) is 18.6. The maximum atomic E-state index is 12.7. The second kappa shape index (κ2) is 5.62. The Balaban J connectivity index is 1.89. The van der Waals surface area contributed by atoms with Gasteiger partial charge in [0.2, 0.25) is 0 Å². The van der Waals surface area contributed by atoms with Gasteiger partial charge < -0.3 is 24.1 Å². The predicted octanol–water partition coefficient (Wildman–Crippen LogP) is 0.304. The topological polar surface area (TPSA) is 112 Å². The number of Topliss-reactive ketones (excluding diaryl/α,β-unsaturated/α-hetero) is 1. The van der Waals surface area contributed by atoms with Gasteiger partial charge in [0.25, 0.3) is 0 Å². The minimum absolute atomic E-state index is 0.0477. The molecule has 8 nitrogen and oxygen atoms in total. The number of aliphatic hydroxyl groups is 1. The first-order chi connectivity index (χ1) is 12.6. The highest BCUT2D eigenvalue weighted by Crippen LogP contribution is 2.71. The van der Waals surface area contributed by atoms with Gasteiger partial charge in [-0.3, -0.25) is 14.4 Å². The standard InChI is InChI=1S/C19H24O8/c1-9-5-13-18(6-12(9)22,7-24-10(2)20)17(4)15(26-11(3)21)14(23)16(27-13)19(17)8-25-19/h5,13-16,23H,6-8H2,1-4H3/t13?,14-,15-,16?,17-,18-,19?/m1/s1. The Hall–Kier alpha value is -1.77. The average molecular weight is 380 g/mol. The molecule has 3 fully saturated rings. The summed E-state index contributed by atoms with van der Waals surface area (Å²) in [5.41, 5.74) is -2.31. The van der Waals surface area contributed by atoms with Gasteiger partial charge in [0.1, 0.15) is 30.5 Å². The molecule has 4 rings (SSSR count). The number of ketones is 1. The van der Waals surface area contributed by atoms with Crippen molar-refractivity contribution in [2.75, 3.05) is 13.2 Å². The Bertz CT molecular complexity index is 753. The van der Waals surface area contributed by atoms with E-state index in [1.165, 1.54) is 13.8 Å². The highest BCUT2D eigenvalue weighted by atomic mass is 16.7. The molecule has 2 bridgehead atoms. The molecule has 2 aliphatic heterocycles. The van der Waals surface area contributed by atoms with Gasteiger partial charge in [-0.2, -0.15) is 0 Å². The molecule has 7 atom stereocenters. The lowest BCUT2D eigenvalue weighted by atomic mass is 9.51. The van der Waals surface area contributed by atoms with Gasteiger partial charge in [-0.15, -0.1) is 0 Å². The van der Waals surface area contributed by atoms with Crippen LogP contribution in [-0.2, 0) is 33.3 Å². The number of allylic oxidation sites excluding steroid dienone is 1. The lowest BCUT2D eigenvalue weighted by Gasteiger charge is -2.57. The summed E-state index contributed by atoms with van der Waals surface area (Å²) in [5.74, 6) is -1.13. The van der Waals surface area contributed by atoms with Gasteiger partial charge in [-0.25, -0.2) is 0 Å². The maximum Gasteiger partial charge on any atom is 0.303 e. The van der Waals surface area contributed by atoms with Crippen LogP contribution >= 0.6 is 0 Å². The molecule has 27 heavy (non-hydrogen) atoms. The quantitative estimate of drug-likeness (QED) is 0.550. The number of carbonyl (C=O) groups excluding carboxylic acids is 3. The fourth-order valence-electron chi connectivity index (χ4n) is 5.44. The van der Waals surface area contributed by atoms with E-state index in [4.69, 9.17) is 18.9 Å². The second-order valence-corrected chi connectivity index (χ2v) is 8.26. The van der Waals surface area contributed by atoms with E-state index in [-0.39, 0.29) is 18.8 Å². The van der Waals surface area contributed by atoms with Gasteiger partial charge in [-0.1, -0.05) is 6.92 Å². The number of epoxide rings is 1. The lowest BCUT2D eigenvalue weighted by molar-refractivity contribution is -0.231. The zero-order chi connectivity index (χ0) is 19.8. The maximum absolute atomic E-state index is 12.7. The van der Waals surface area contributed by atoms with E-state index in [0.717, 1.165) is 0 Å². The Morgan fingerprint density at radius 3 is 2.56 bits per heavy atom. The van der Waals surface area contributed by atoms with E-state index in [2.05, 4.69) is 0 Å². The van der Waals surface area contributed by atoms with Gasteiger partial charge in [0, 0.05) is 20.3 Å². The van der Waals surface area contributed by atoms with Crippen LogP contribution in [0.3, 0.4) is 0 Å². The van der Waals surface area contributed by atoms with Crippen molar-refractivity contribution in [3.8, 4) is 0 Å². The first-order valence-corrected chi connectivity index (χ1v) is 9.09. The molecule has 0 aromatic rings. The van der Waals surface area contributed by atoms with Crippen molar-refractivity contribution in [1.29, 1.82) is 0 Å². The highest BCUT2D eigenvalue weighted by molar-refractivity contribution is 5.96. The summed E-state index contributed by atoms with van der Waals surface area (Å²) in [7, 11) is 0. The van der Waals surface area contributed by atoms with Crippen LogP contribution in [0.4, 0.5) is 0 Å². The zero-order valence-electron chi connectivity index (χ0n) is 15.8. The van der Waals surface area contributed by atoms with Crippen molar-refractivity contribution in [3.05, 3.63) is 11.6 Å². The highest BCUT2D eigenvalue weighted by Gasteiger charge is 2.86. The predicted molar refractivity (Wildman–Crippen MR) is 89.5 cm³/mol. The Morgan fingerprint density at radius 1 is 1.33 bits per heavy atom. The van der Waals surface area contributed by atoms with Crippen molar-refractivity contribution < 1.29 is 38.4 Å². The van der Waals surface area contributed by atoms with Crippen LogP contribution in [0.2, 0.25) is 0 Å². The number of ether oxygens (including phenoxy) is 4. The van der Waals surface area contributed by atoms with E-state index >= 15 is 0 Å². The summed E-state index contributed by atoms with van der Waals surface area (Å²) in [6.45, 7) is 6.34. The molecule has 0 radical (unpaired) electrons. The molecule has 0 aromatic heterocycles. The molecule has 2 aliphatic carbocycles. The summed E-state index contributed by atoms with van der Waals surface area (Å²) in [6, 6.07) is 0. The first-order valence-electron chi connectivity index (χ1n) is 9.09. The normalized spacial score (nSPS) is 47.3. The van der Waals surface area contributed by atoms with E-state index in [1.807, 2.05) is 6.92 Å². The van der Waals surface area contributed by atoms with E-state index < -0.39 is 52.8 Å². The lowest BCUT2D eigenvalue weighted by Crippen LogP contribution is -2.67. The van der Waals surface area contributed by atoms with Crippen LogP contribution in [0.5, 0.6) is 0 Å². The van der Waals surface area contributed by atoms with Crippen LogP contribution in [0, 0.1) is 10.8 Å². The average Bonchev–Trinajstić information content (AvgIpc) is 3.36. The molecule has 1 N–H and O–H groups in total. The summed E-state index contributed by atoms with van der Waals surface area (Å²) in [5, 5.41) is 10.9. The molecule has 3 unspecified atom stereocenters. The van der Waals surface area contributed by atoms with E-state index in [0.29, 0.717) is 12.2 Å². The molecule has 2 heterocycles. The third-order valence-corrected chi connectivity index (χ3v) is 7.00. The Kier molecular flexibility index (Phi) is 3.87. The fraction of sp³-hybridized carbons (Fsp3) is 0.737. The number of aliphatic hydroxyl groups excluding tert-OH is 1. The van der Waals surface area contributed by atoms with Crippen molar-refractivity contribution in [3.63, 3.8) is 0 Å². The van der Waals surface area contributed by atoms with Crippen LogP contribution < -0.4 is 0 Å². The molecule has 8 heteroatoms. The van der Waals surface area contributed by atoms with Crippen LogP contribution in [-0.4, -0.2) is 66.1 Å². The van der Waals surface area contributed by atoms with Gasteiger partial charge in [0.15, 0.2) is 5.78 Å². The molecule has 0 aromatic carbocycles. The smallest absolute Gasteiger partial charge is 0.303 e. The monoisotopic (exact) mass is 380 g/mol. The molecule has 1 saturated carbocycles. The molecule has 2 saturated heterocycles. The molecular formula is C19H24O8. The minimum Gasteiger partial charge on any atom is -0.465 e. The van der Waals surface area contributed by atoms with Crippen LogP contribution in [0.25, 0.3) is 0 Å². The number of esters is 2. The minimum atomic E-state index is -1.11. The summed E-state index contributed by atoms with van der Waals surface area (Å²) in [4.78, 5) is 36.0. The number of hydrogen-bond donors (Lipinski definition) is 1. The van der Waals surface area contributed by atoms with E-state index in [1.54, 1.807) is 13.0 Å². The molecule has 148 valence electrons. The number of hydrogen-bond acceptors (Lipinski definition) is 8. The Labute approximate surface area is 156 Å². The van der Waals surface area contributed by atoms with Crippen molar-refractivity contribution in [2.45, 2.75) is 64.1 Å².